The molecule has 7 heteroatoms. The maximum absolute atomic E-state index is 12.6. The van der Waals surface area contributed by atoms with Crippen molar-refractivity contribution in [1.29, 1.82) is 0 Å². The van der Waals surface area contributed by atoms with Gasteiger partial charge in [-0.15, -0.1) is 0 Å². The van der Waals surface area contributed by atoms with Crippen molar-refractivity contribution in [3.8, 4) is 5.75 Å². The fourth-order valence-corrected chi connectivity index (χ4v) is 6.19. The molecule has 5 nitrogen and oxygen atoms in total. The van der Waals surface area contributed by atoms with Crippen molar-refractivity contribution in [2.75, 3.05) is 6.61 Å². The molecule has 1 aliphatic heterocycles. The van der Waals surface area contributed by atoms with Crippen LogP contribution < -0.4 is 4.74 Å². The summed E-state index contributed by atoms with van der Waals surface area (Å²) in [5, 5.41) is 5.30. The molecule has 2 fully saturated rings. The van der Waals surface area contributed by atoms with E-state index >= 15 is 0 Å². The number of nitrogens with zero attached hydrogens (tertiary/aromatic N) is 2. The van der Waals surface area contributed by atoms with Gasteiger partial charge in [-0.1, -0.05) is 24.8 Å². The zero-order valence-corrected chi connectivity index (χ0v) is 18.1. The molecule has 0 unspecified atom stereocenters. The van der Waals surface area contributed by atoms with E-state index in [1.54, 1.807) is 12.3 Å². The number of amides is 2. The van der Waals surface area contributed by atoms with Gasteiger partial charge in [0.15, 0.2) is 0 Å². The van der Waals surface area contributed by atoms with Crippen molar-refractivity contribution in [3.05, 3.63) is 49.6 Å². The van der Waals surface area contributed by atoms with Crippen LogP contribution in [0.2, 0.25) is 0 Å². The Hall–Kier alpha value is -1.23. The number of hydrazone groups is 1. The van der Waals surface area contributed by atoms with Crippen molar-refractivity contribution in [2.24, 2.45) is 28.8 Å². The molecule has 4 atom stereocenters. The van der Waals surface area contributed by atoms with E-state index in [2.05, 4.69) is 69.0 Å². The molecule has 0 spiro atoms. The van der Waals surface area contributed by atoms with Gasteiger partial charge in [-0.25, -0.2) is 0 Å². The van der Waals surface area contributed by atoms with Gasteiger partial charge in [0.1, 0.15) is 12.4 Å². The van der Waals surface area contributed by atoms with Crippen LogP contribution in [-0.4, -0.2) is 29.6 Å². The van der Waals surface area contributed by atoms with Crippen LogP contribution in [0, 0.1) is 30.8 Å². The third kappa shape index (κ3) is 2.92. The van der Waals surface area contributed by atoms with E-state index in [1.165, 1.54) is 0 Å². The molecule has 1 aromatic rings. The summed E-state index contributed by atoms with van der Waals surface area (Å²) in [6, 6.07) is 3.84. The number of imide groups is 1. The second-order valence-electron chi connectivity index (χ2n) is 6.65. The topological polar surface area (TPSA) is 59.0 Å². The van der Waals surface area contributed by atoms with Gasteiger partial charge >= 0.3 is 0 Å². The molecular formula is C19H16I2N2O3. The summed E-state index contributed by atoms with van der Waals surface area (Å²) in [6.45, 7) is 4.09. The summed E-state index contributed by atoms with van der Waals surface area (Å²) in [4.78, 5) is 25.3. The first-order chi connectivity index (χ1) is 12.5. The van der Waals surface area contributed by atoms with Gasteiger partial charge in [-0.05, 0) is 81.1 Å². The number of benzene rings is 1. The molecule has 1 heterocycles. The molecular weight excluding hydrogens is 558 g/mol. The van der Waals surface area contributed by atoms with Crippen molar-refractivity contribution in [3.63, 3.8) is 0 Å². The molecule has 1 saturated heterocycles. The molecule has 0 radical (unpaired) electrons. The number of hydrogen-bond donors (Lipinski definition) is 0. The standard InChI is InChI=1S/C19H16I2N2O3/c1-2-5-26-17-13(20)6-10(7-14(17)21)9-22-23-18(24)15-11-3-4-12(8-11)16(15)19(23)25/h2-4,6-7,9,11-12,15-16H,1,5,8H2/t11-,12-,15-,16+/m0/s1. The quantitative estimate of drug-likeness (QED) is 0.234. The average molecular weight is 574 g/mol. The first-order valence-electron chi connectivity index (χ1n) is 8.34. The second-order valence-corrected chi connectivity index (χ2v) is 8.97. The van der Waals surface area contributed by atoms with Crippen molar-refractivity contribution in [1.82, 2.24) is 5.01 Å². The Morgan fingerprint density at radius 1 is 1.15 bits per heavy atom. The summed E-state index contributed by atoms with van der Waals surface area (Å²) < 4.78 is 7.54. The highest BCUT2D eigenvalue weighted by molar-refractivity contribution is 14.1. The van der Waals surface area contributed by atoms with Gasteiger partial charge in [0, 0.05) is 0 Å². The maximum Gasteiger partial charge on any atom is 0.254 e. The van der Waals surface area contributed by atoms with Crippen LogP contribution in [0.15, 0.2) is 42.0 Å². The Balaban J connectivity index is 1.55. The van der Waals surface area contributed by atoms with Crippen LogP contribution in [0.1, 0.15) is 12.0 Å². The highest BCUT2D eigenvalue weighted by atomic mass is 127. The number of ether oxygens (including phenoxy) is 1. The Morgan fingerprint density at radius 3 is 2.27 bits per heavy atom. The molecule has 26 heavy (non-hydrogen) atoms. The third-order valence-corrected chi connectivity index (χ3v) is 6.74. The van der Waals surface area contributed by atoms with Crippen LogP contribution in [0.25, 0.3) is 0 Å². The van der Waals surface area contributed by atoms with E-state index in [1.807, 2.05) is 12.1 Å². The van der Waals surface area contributed by atoms with Crippen molar-refractivity contribution < 1.29 is 14.3 Å². The second kappa shape index (κ2) is 7.06. The Morgan fingerprint density at radius 2 is 1.73 bits per heavy atom. The predicted molar refractivity (Wildman–Crippen MR) is 115 cm³/mol. The van der Waals surface area contributed by atoms with Gasteiger partial charge in [0.25, 0.3) is 11.8 Å². The minimum atomic E-state index is -0.218. The molecule has 3 aliphatic rings. The van der Waals surface area contributed by atoms with Gasteiger partial charge in [0.05, 0.1) is 25.2 Å². The van der Waals surface area contributed by atoms with Gasteiger partial charge in [-0.3, -0.25) is 9.59 Å². The van der Waals surface area contributed by atoms with Crippen molar-refractivity contribution in [2.45, 2.75) is 6.42 Å². The summed E-state index contributed by atoms with van der Waals surface area (Å²) in [6.07, 6.45) is 8.36. The summed E-state index contributed by atoms with van der Waals surface area (Å²) in [7, 11) is 0. The lowest BCUT2D eigenvalue weighted by Gasteiger charge is -2.13. The van der Waals surface area contributed by atoms with Crippen LogP contribution in [0.3, 0.4) is 0 Å². The molecule has 1 saturated carbocycles. The molecule has 1 aromatic carbocycles. The lowest BCUT2D eigenvalue weighted by atomic mass is 9.85. The Bertz CT molecular complexity index is 811. The van der Waals surface area contributed by atoms with E-state index in [4.69, 9.17) is 4.74 Å². The minimum absolute atomic E-state index is 0.163. The molecule has 0 N–H and O–H groups in total. The zero-order valence-electron chi connectivity index (χ0n) is 13.8. The highest BCUT2D eigenvalue weighted by Gasteiger charge is 2.59. The normalized spacial score (nSPS) is 29.1. The average Bonchev–Trinajstić information content (AvgIpc) is 3.27. The van der Waals surface area contributed by atoms with Crippen LogP contribution >= 0.6 is 45.2 Å². The molecule has 2 amide bonds. The summed E-state index contributed by atoms with van der Waals surface area (Å²) in [5.74, 6) is 0.435. The largest absolute Gasteiger partial charge is 0.487 e. The zero-order chi connectivity index (χ0) is 18.4. The van der Waals surface area contributed by atoms with Crippen molar-refractivity contribution >= 4 is 63.2 Å². The maximum atomic E-state index is 12.6. The Labute approximate surface area is 178 Å². The molecule has 2 aliphatic carbocycles. The fraction of sp³-hybridized carbons (Fsp3) is 0.316. The number of halogens is 2. The fourth-order valence-electron chi connectivity index (χ4n) is 4.06. The number of hydrogen-bond acceptors (Lipinski definition) is 4. The molecule has 4 rings (SSSR count). The van der Waals surface area contributed by atoms with E-state index in [9.17, 15) is 9.59 Å². The summed E-state index contributed by atoms with van der Waals surface area (Å²) in [5.41, 5.74) is 0.823. The van der Waals surface area contributed by atoms with Gasteiger partial charge in [-0.2, -0.15) is 10.1 Å². The van der Waals surface area contributed by atoms with Gasteiger partial charge < -0.3 is 4.74 Å². The SMILES string of the molecule is C=CCOc1c(I)cc(C=NN2C(=O)[C@@H]3[C@H](C2=O)[C@H]2C=C[C@H]3C2)cc1I. The minimum Gasteiger partial charge on any atom is -0.487 e. The number of fused-ring (bicyclic) bond motifs is 5. The van der Waals surface area contributed by atoms with Crippen LogP contribution in [-0.2, 0) is 9.59 Å². The highest BCUT2D eigenvalue weighted by Crippen LogP contribution is 2.52. The molecule has 134 valence electrons. The lowest BCUT2D eigenvalue weighted by Crippen LogP contribution is -2.28. The monoisotopic (exact) mass is 574 g/mol. The van der Waals surface area contributed by atoms with E-state index < -0.39 is 0 Å². The third-order valence-electron chi connectivity index (χ3n) is 5.14. The number of carbonyl (C=O) groups is 2. The number of rotatable bonds is 5. The Kier molecular flexibility index (Phi) is 4.93. The van der Waals surface area contributed by atoms with E-state index in [0.29, 0.717) is 6.61 Å². The van der Waals surface area contributed by atoms with Crippen LogP contribution in [0.5, 0.6) is 5.75 Å². The van der Waals surface area contributed by atoms with Gasteiger partial charge in [0.2, 0.25) is 0 Å². The number of allylic oxidation sites excluding steroid dienone is 2. The van der Waals surface area contributed by atoms with E-state index in [0.717, 1.165) is 29.9 Å². The first kappa shape index (κ1) is 18.1. The first-order valence-corrected chi connectivity index (χ1v) is 10.5. The van der Waals surface area contributed by atoms with E-state index in [-0.39, 0.29) is 35.5 Å². The predicted octanol–water partition coefficient (Wildman–Crippen LogP) is 3.60. The van der Waals surface area contributed by atoms with Crippen LogP contribution in [0.4, 0.5) is 0 Å². The number of carbonyl (C=O) groups excluding carboxylic acids is 2. The molecule has 0 aromatic heterocycles. The summed E-state index contributed by atoms with van der Waals surface area (Å²) >= 11 is 4.40. The lowest BCUT2D eigenvalue weighted by molar-refractivity contribution is -0.140. The smallest absolute Gasteiger partial charge is 0.254 e. The molecule has 2 bridgehead atoms.